The molecule has 0 aliphatic rings. The van der Waals surface area contributed by atoms with Gasteiger partial charge in [0.05, 0.1) is 5.69 Å². The van der Waals surface area contributed by atoms with Gasteiger partial charge in [-0.05, 0) is 28.8 Å². The summed E-state index contributed by atoms with van der Waals surface area (Å²) in [5, 5.41) is 0. The number of H-pyrrole nitrogens is 1. The summed E-state index contributed by atoms with van der Waals surface area (Å²) >= 11 is 3.34. The van der Waals surface area contributed by atoms with Crippen molar-refractivity contribution in [2.24, 2.45) is 0 Å². The number of ether oxygens (including phenoxy) is 1. The topological polar surface area (TPSA) is 55.0 Å². The van der Waals surface area contributed by atoms with Gasteiger partial charge in [-0.1, -0.05) is 34.6 Å². The maximum Gasteiger partial charge on any atom is 0.265 e. The summed E-state index contributed by atoms with van der Waals surface area (Å²) in [6.45, 7) is 10.2. The summed E-state index contributed by atoms with van der Waals surface area (Å²) in [5.41, 5.74) is -0.129. The van der Waals surface area contributed by atoms with Crippen molar-refractivity contribution >= 4 is 15.9 Å². The highest BCUT2D eigenvalue weighted by Crippen LogP contribution is 2.32. The number of aromatic amines is 1. The van der Waals surface area contributed by atoms with Crippen molar-refractivity contribution in [1.82, 2.24) is 9.97 Å². The minimum atomic E-state index is -0.528. The lowest BCUT2D eigenvalue weighted by atomic mass is 9.90. The van der Waals surface area contributed by atoms with Crippen LogP contribution < -0.4 is 5.56 Å². The molecule has 4 nitrogen and oxygen atoms in total. The van der Waals surface area contributed by atoms with E-state index < -0.39 is 5.60 Å². The van der Waals surface area contributed by atoms with Crippen LogP contribution >= 0.6 is 15.9 Å². The van der Waals surface area contributed by atoms with Crippen molar-refractivity contribution < 1.29 is 4.74 Å². The Kier molecular flexibility index (Phi) is 4.96. The smallest absolute Gasteiger partial charge is 0.265 e. The number of methoxy groups -OCH3 is 1. The average molecular weight is 331 g/mol. The molecular weight excluding hydrogens is 308 g/mol. The molecule has 0 atom stereocenters. The van der Waals surface area contributed by atoms with Crippen molar-refractivity contribution in [2.45, 2.75) is 58.5 Å². The first-order chi connectivity index (χ1) is 8.71. The largest absolute Gasteiger partial charge is 0.370 e. The number of nitrogens with one attached hydrogen (secondary N) is 1. The molecule has 0 unspecified atom stereocenters. The van der Waals surface area contributed by atoms with Crippen LogP contribution in [0.1, 0.15) is 59.0 Å². The molecule has 1 heterocycles. The van der Waals surface area contributed by atoms with Gasteiger partial charge in [-0.2, -0.15) is 0 Å². The molecule has 0 saturated heterocycles. The van der Waals surface area contributed by atoms with E-state index in [2.05, 4.69) is 25.9 Å². The van der Waals surface area contributed by atoms with Gasteiger partial charge in [-0.3, -0.25) is 4.79 Å². The molecule has 0 aromatic carbocycles. The van der Waals surface area contributed by atoms with Crippen molar-refractivity contribution in [3.63, 3.8) is 0 Å². The molecule has 1 aromatic rings. The Morgan fingerprint density at radius 1 is 1.26 bits per heavy atom. The molecular formula is C14H23BrN2O2. The molecule has 1 aromatic heterocycles. The fraction of sp³-hybridized carbons (Fsp3) is 0.714. The summed E-state index contributed by atoms with van der Waals surface area (Å²) in [5.74, 6) is 0.609. The Bertz CT molecular complexity index is 491. The van der Waals surface area contributed by atoms with E-state index in [0.29, 0.717) is 10.3 Å². The lowest BCUT2D eigenvalue weighted by Crippen LogP contribution is -2.34. The lowest BCUT2D eigenvalue weighted by Gasteiger charge is -2.30. The molecule has 19 heavy (non-hydrogen) atoms. The average Bonchev–Trinajstić information content (AvgIpc) is 2.34. The number of rotatable bonds is 4. The first-order valence-electron chi connectivity index (χ1n) is 6.57. The molecule has 0 bridgehead atoms. The van der Waals surface area contributed by atoms with Crippen LogP contribution in [0.2, 0.25) is 0 Å². The Hall–Kier alpha value is -0.680. The van der Waals surface area contributed by atoms with Crippen LogP contribution in [-0.4, -0.2) is 17.1 Å². The summed E-state index contributed by atoms with van der Waals surface area (Å²) in [6, 6.07) is 0. The molecule has 1 rings (SSSR count). The maximum atomic E-state index is 12.1. The highest BCUT2D eigenvalue weighted by Gasteiger charge is 2.33. The summed E-state index contributed by atoms with van der Waals surface area (Å²) in [7, 11) is 1.66. The minimum absolute atomic E-state index is 0.154. The van der Waals surface area contributed by atoms with Gasteiger partial charge in [0.25, 0.3) is 5.56 Å². The summed E-state index contributed by atoms with van der Waals surface area (Å²) < 4.78 is 6.14. The number of nitrogens with zero attached hydrogens (tertiary/aromatic N) is 1. The Morgan fingerprint density at radius 2 is 1.79 bits per heavy atom. The normalized spacial score (nSPS) is 12.8. The van der Waals surface area contributed by atoms with Crippen molar-refractivity contribution in [1.29, 1.82) is 0 Å². The molecule has 0 aliphatic carbocycles. The third-order valence-electron chi connectivity index (χ3n) is 3.54. The van der Waals surface area contributed by atoms with Crippen LogP contribution in [0.3, 0.4) is 0 Å². The van der Waals surface area contributed by atoms with Crippen LogP contribution in [0, 0.1) is 0 Å². The van der Waals surface area contributed by atoms with E-state index in [9.17, 15) is 4.79 Å². The molecule has 5 heteroatoms. The number of aromatic nitrogens is 2. The Labute approximate surface area is 123 Å². The van der Waals surface area contributed by atoms with Gasteiger partial charge in [0.15, 0.2) is 0 Å². The second-order valence-electron chi connectivity index (χ2n) is 5.73. The predicted molar refractivity (Wildman–Crippen MR) is 80.5 cm³/mol. The first-order valence-corrected chi connectivity index (χ1v) is 7.37. The molecule has 0 aliphatic heterocycles. The fourth-order valence-corrected chi connectivity index (χ4v) is 2.92. The van der Waals surface area contributed by atoms with E-state index in [0.717, 1.165) is 18.5 Å². The number of hydrogen-bond donors (Lipinski definition) is 1. The summed E-state index contributed by atoms with van der Waals surface area (Å²) in [6.07, 6.45) is 1.52. The van der Waals surface area contributed by atoms with Crippen LogP contribution in [0.4, 0.5) is 0 Å². The molecule has 0 fully saturated rings. The van der Waals surface area contributed by atoms with Gasteiger partial charge in [-0.25, -0.2) is 4.98 Å². The monoisotopic (exact) mass is 330 g/mol. The predicted octanol–water partition coefficient (Wildman–Crippen LogP) is 3.49. The molecule has 0 radical (unpaired) electrons. The Balaban J connectivity index is 3.56. The quantitative estimate of drug-likeness (QED) is 0.919. The van der Waals surface area contributed by atoms with Crippen LogP contribution in [0.15, 0.2) is 9.27 Å². The second-order valence-corrected chi connectivity index (χ2v) is 6.53. The Morgan fingerprint density at radius 3 is 2.16 bits per heavy atom. The zero-order chi connectivity index (χ0) is 14.8. The van der Waals surface area contributed by atoms with E-state index in [1.807, 2.05) is 34.6 Å². The third kappa shape index (κ3) is 3.08. The first kappa shape index (κ1) is 16.4. The molecule has 0 spiro atoms. The highest BCUT2D eigenvalue weighted by atomic mass is 79.9. The SMILES string of the molecule is CCC(CC)(OC)c1nc(C(C)(C)C)c(Br)c(=O)[nH]1. The van der Waals surface area contributed by atoms with E-state index in [-0.39, 0.29) is 11.0 Å². The van der Waals surface area contributed by atoms with E-state index in [4.69, 9.17) is 4.74 Å². The van der Waals surface area contributed by atoms with Crippen LogP contribution in [0.25, 0.3) is 0 Å². The third-order valence-corrected chi connectivity index (χ3v) is 4.27. The number of halogens is 1. The second kappa shape index (κ2) is 5.75. The van der Waals surface area contributed by atoms with Gasteiger partial charge in [-0.15, -0.1) is 0 Å². The van der Waals surface area contributed by atoms with E-state index in [1.165, 1.54) is 0 Å². The lowest BCUT2D eigenvalue weighted by molar-refractivity contribution is -0.0296. The highest BCUT2D eigenvalue weighted by molar-refractivity contribution is 9.10. The van der Waals surface area contributed by atoms with Gasteiger partial charge in [0.1, 0.15) is 15.9 Å². The van der Waals surface area contributed by atoms with Gasteiger partial charge >= 0.3 is 0 Å². The van der Waals surface area contributed by atoms with Gasteiger partial charge in [0, 0.05) is 12.5 Å². The van der Waals surface area contributed by atoms with E-state index >= 15 is 0 Å². The zero-order valence-electron chi connectivity index (χ0n) is 12.6. The minimum Gasteiger partial charge on any atom is -0.370 e. The summed E-state index contributed by atoms with van der Waals surface area (Å²) in [4.78, 5) is 19.6. The van der Waals surface area contributed by atoms with Gasteiger partial charge in [0.2, 0.25) is 0 Å². The molecule has 0 amide bonds. The maximum absolute atomic E-state index is 12.1. The number of hydrogen-bond acceptors (Lipinski definition) is 3. The van der Waals surface area contributed by atoms with E-state index in [1.54, 1.807) is 7.11 Å². The zero-order valence-corrected chi connectivity index (χ0v) is 14.1. The van der Waals surface area contributed by atoms with Crippen molar-refractivity contribution in [2.75, 3.05) is 7.11 Å². The fourth-order valence-electron chi connectivity index (χ4n) is 2.14. The molecule has 1 N–H and O–H groups in total. The standard InChI is InChI=1S/C14H23BrN2O2/c1-7-14(8-2,19-6)12-16-10(13(3,4)5)9(15)11(18)17-12/h7-8H2,1-6H3,(H,16,17,18). The van der Waals surface area contributed by atoms with Crippen molar-refractivity contribution in [3.8, 4) is 0 Å². The van der Waals surface area contributed by atoms with Crippen molar-refractivity contribution in [3.05, 3.63) is 26.3 Å². The van der Waals surface area contributed by atoms with Crippen LogP contribution in [-0.2, 0) is 15.8 Å². The van der Waals surface area contributed by atoms with Gasteiger partial charge < -0.3 is 9.72 Å². The molecule has 0 saturated carbocycles. The molecule has 108 valence electrons. The van der Waals surface area contributed by atoms with Crippen LogP contribution in [0.5, 0.6) is 0 Å².